The SMILES string of the molecule is Cc1ccc(NC(=S)NC(=O)CN2C(=O)c3ccccc3C2=O)c(Br)c1. The number of rotatable bonds is 3. The molecule has 0 aliphatic carbocycles. The maximum atomic E-state index is 12.3. The van der Waals surface area contributed by atoms with Crippen LogP contribution in [-0.2, 0) is 4.79 Å². The number of thiocarbonyl (C=S) groups is 1. The number of carbonyl (C=O) groups is 3. The second-order valence-corrected chi connectivity index (χ2v) is 6.99. The van der Waals surface area contributed by atoms with Crippen LogP contribution in [-0.4, -0.2) is 34.3 Å². The predicted molar refractivity (Wildman–Crippen MR) is 105 cm³/mol. The molecular formula is C18H14BrN3O3S. The first kappa shape index (κ1) is 18.2. The van der Waals surface area contributed by atoms with Crippen molar-refractivity contribution in [1.82, 2.24) is 10.2 Å². The molecule has 0 radical (unpaired) electrons. The van der Waals surface area contributed by atoms with Gasteiger partial charge in [0, 0.05) is 4.47 Å². The fourth-order valence-corrected chi connectivity index (χ4v) is 3.38. The van der Waals surface area contributed by atoms with Crippen LogP contribution in [0.1, 0.15) is 26.3 Å². The van der Waals surface area contributed by atoms with E-state index >= 15 is 0 Å². The van der Waals surface area contributed by atoms with Crippen LogP contribution in [0, 0.1) is 6.92 Å². The number of hydrogen-bond acceptors (Lipinski definition) is 4. The summed E-state index contributed by atoms with van der Waals surface area (Å²) in [5.41, 5.74) is 2.37. The molecule has 2 N–H and O–H groups in total. The molecule has 0 aromatic heterocycles. The number of carbonyl (C=O) groups excluding carboxylic acids is 3. The quantitative estimate of drug-likeness (QED) is 0.576. The fourth-order valence-electron chi connectivity index (χ4n) is 2.57. The van der Waals surface area contributed by atoms with Gasteiger partial charge in [-0.1, -0.05) is 18.2 Å². The van der Waals surface area contributed by atoms with Crippen molar-refractivity contribution in [3.05, 3.63) is 63.6 Å². The molecule has 26 heavy (non-hydrogen) atoms. The summed E-state index contributed by atoms with van der Waals surface area (Å²) in [6.07, 6.45) is 0. The number of benzene rings is 2. The van der Waals surface area contributed by atoms with E-state index in [0.717, 1.165) is 14.9 Å². The van der Waals surface area contributed by atoms with Gasteiger partial charge < -0.3 is 10.6 Å². The van der Waals surface area contributed by atoms with Crippen LogP contribution in [0.15, 0.2) is 46.9 Å². The molecule has 0 unspecified atom stereocenters. The van der Waals surface area contributed by atoms with Gasteiger partial charge in [-0.05, 0) is 64.9 Å². The molecule has 2 aromatic rings. The number of amides is 3. The Hall–Kier alpha value is -2.58. The van der Waals surface area contributed by atoms with Gasteiger partial charge in [0.15, 0.2) is 5.11 Å². The van der Waals surface area contributed by atoms with Gasteiger partial charge in [0.1, 0.15) is 6.54 Å². The minimum atomic E-state index is -0.555. The first-order chi connectivity index (χ1) is 12.4. The van der Waals surface area contributed by atoms with Gasteiger partial charge >= 0.3 is 0 Å². The Morgan fingerprint density at radius 1 is 1.12 bits per heavy atom. The summed E-state index contributed by atoms with van der Waals surface area (Å²) in [5.74, 6) is -1.53. The second-order valence-electron chi connectivity index (χ2n) is 5.73. The molecule has 0 fully saturated rings. The average Bonchev–Trinajstić information content (AvgIpc) is 2.83. The van der Waals surface area contributed by atoms with Crippen LogP contribution < -0.4 is 10.6 Å². The number of hydrogen-bond donors (Lipinski definition) is 2. The highest BCUT2D eigenvalue weighted by Crippen LogP contribution is 2.23. The second kappa shape index (κ2) is 7.35. The standard InChI is InChI=1S/C18H14BrN3O3S/c1-10-6-7-14(13(19)8-10)20-18(26)21-15(23)9-22-16(24)11-4-2-3-5-12(11)17(22)25/h2-8H,9H2,1H3,(H2,20,21,23,26). The third kappa shape index (κ3) is 3.66. The number of nitrogens with zero attached hydrogens (tertiary/aromatic N) is 1. The highest BCUT2D eigenvalue weighted by atomic mass is 79.9. The van der Waals surface area contributed by atoms with Crippen molar-refractivity contribution in [2.24, 2.45) is 0 Å². The predicted octanol–water partition coefficient (Wildman–Crippen LogP) is 2.87. The van der Waals surface area contributed by atoms with Crippen molar-refractivity contribution in [3.63, 3.8) is 0 Å². The van der Waals surface area contributed by atoms with Gasteiger partial charge in [-0.25, -0.2) is 0 Å². The summed E-state index contributed by atoms with van der Waals surface area (Å²) < 4.78 is 0.800. The number of nitrogens with one attached hydrogen (secondary N) is 2. The van der Waals surface area contributed by atoms with E-state index in [1.807, 2.05) is 25.1 Å². The summed E-state index contributed by atoms with van der Waals surface area (Å²) in [6, 6.07) is 12.1. The summed E-state index contributed by atoms with van der Waals surface area (Å²) in [7, 11) is 0. The van der Waals surface area contributed by atoms with Gasteiger partial charge in [-0.3, -0.25) is 19.3 Å². The molecule has 132 valence electrons. The molecule has 2 aromatic carbocycles. The number of fused-ring (bicyclic) bond motifs is 1. The third-order valence-electron chi connectivity index (χ3n) is 3.81. The van der Waals surface area contributed by atoms with Crippen molar-refractivity contribution in [2.45, 2.75) is 6.92 Å². The first-order valence-electron chi connectivity index (χ1n) is 7.69. The Morgan fingerprint density at radius 3 is 2.31 bits per heavy atom. The molecule has 0 saturated heterocycles. The van der Waals surface area contributed by atoms with Gasteiger partial charge in [0.25, 0.3) is 11.8 Å². The zero-order chi connectivity index (χ0) is 18.8. The van der Waals surface area contributed by atoms with E-state index < -0.39 is 24.3 Å². The van der Waals surface area contributed by atoms with Crippen molar-refractivity contribution in [3.8, 4) is 0 Å². The van der Waals surface area contributed by atoms with Crippen molar-refractivity contribution in [2.75, 3.05) is 11.9 Å². The molecule has 1 aliphatic rings. The first-order valence-corrected chi connectivity index (χ1v) is 8.89. The lowest BCUT2D eigenvalue weighted by Crippen LogP contribution is -2.43. The summed E-state index contributed by atoms with van der Waals surface area (Å²) in [5, 5.41) is 5.46. The smallest absolute Gasteiger partial charge is 0.262 e. The van der Waals surface area contributed by atoms with Crippen molar-refractivity contribution >= 4 is 56.7 Å². The lowest BCUT2D eigenvalue weighted by atomic mass is 10.1. The molecule has 0 saturated carbocycles. The zero-order valence-corrected chi connectivity index (χ0v) is 16.1. The van der Waals surface area contributed by atoms with E-state index in [0.29, 0.717) is 16.8 Å². The number of aryl methyl sites for hydroxylation is 1. The number of halogens is 1. The fraction of sp³-hybridized carbons (Fsp3) is 0.111. The van der Waals surface area contributed by atoms with E-state index in [4.69, 9.17) is 12.2 Å². The van der Waals surface area contributed by atoms with Gasteiger partial charge in [0.05, 0.1) is 16.8 Å². The van der Waals surface area contributed by atoms with Crippen molar-refractivity contribution < 1.29 is 14.4 Å². The number of anilines is 1. The Kier molecular flexibility index (Phi) is 5.15. The lowest BCUT2D eigenvalue weighted by molar-refractivity contribution is -0.120. The van der Waals surface area contributed by atoms with E-state index in [9.17, 15) is 14.4 Å². The molecule has 1 aliphatic heterocycles. The molecule has 3 amide bonds. The van der Waals surface area contributed by atoms with Crippen LogP contribution in [0.2, 0.25) is 0 Å². The van der Waals surface area contributed by atoms with Crippen LogP contribution in [0.4, 0.5) is 5.69 Å². The molecule has 0 bridgehead atoms. The lowest BCUT2D eigenvalue weighted by Gasteiger charge is -2.15. The number of imide groups is 1. The Bertz CT molecular complexity index is 910. The summed E-state index contributed by atoms with van der Waals surface area (Å²) >= 11 is 8.53. The highest BCUT2D eigenvalue weighted by molar-refractivity contribution is 9.10. The molecular weight excluding hydrogens is 418 g/mol. The largest absolute Gasteiger partial charge is 0.331 e. The molecule has 3 rings (SSSR count). The molecule has 0 atom stereocenters. The van der Waals surface area contributed by atoms with E-state index in [1.165, 1.54) is 0 Å². The van der Waals surface area contributed by atoms with Gasteiger partial charge in [-0.15, -0.1) is 0 Å². The van der Waals surface area contributed by atoms with E-state index in [-0.39, 0.29) is 5.11 Å². The molecule has 0 spiro atoms. The highest BCUT2D eigenvalue weighted by Gasteiger charge is 2.36. The maximum absolute atomic E-state index is 12.3. The summed E-state index contributed by atoms with van der Waals surface area (Å²) in [4.78, 5) is 37.6. The monoisotopic (exact) mass is 431 g/mol. The Balaban J connectivity index is 1.62. The van der Waals surface area contributed by atoms with Crippen LogP contribution in [0.25, 0.3) is 0 Å². The summed E-state index contributed by atoms with van der Waals surface area (Å²) in [6.45, 7) is 1.56. The normalized spacial score (nSPS) is 12.8. The van der Waals surface area contributed by atoms with Crippen molar-refractivity contribution in [1.29, 1.82) is 0 Å². The van der Waals surface area contributed by atoms with E-state index in [1.54, 1.807) is 24.3 Å². The van der Waals surface area contributed by atoms with Gasteiger partial charge in [-0.2, -0.15) is 0 Å². The third-order valence-corrected chi connectivity index (χ3v) is 4.67. The minimum absolute atomic E-state index is 0.0798. The zero-order valence-electron chi connectivity index (χ0n) is 13.7. The van der Waals surface area contributed by atoms with Crippen LogP contribution in [0.3, 0.4) is 0 Å². The van der Waals surface area contributed by atoms with E-state index in [2.05, 4.69) is 26.6 Å². The Morgan fingerprint density at radius 2 is 1.73 bits per heavy atom. The van der Waals surface area contributed by atoms with Crippen LogP contribution in [0.5, 0.6) is 0 Å². The average molecular weight is 432 g/mol. The minimum Gasteiger partial charge on any atom is -0.331 e. The molecule has 6 nitrogen and oxygen atoms in total. The molecule has 8 heteroatoms. The Labute approximate surface area is 163 Å². The van der Waals surface area contributed by atoms with Gasteiger partial charge in [0.2, 0.25) is 5.91 Å². The topological polar surface area (TPSA) is 78.5 Å². The van der Waals surface area contributed by atoms with Crippen LogP contribution >= 0.6 is 28.1 Å². The molecule has 1 heterocycles. The maximum Gasteiger partial charge on any atom is 0.262 e.